The smallest absolute Gasteiger partial charge is 0.162 e. The van der Waals surface area contributed by atoms with E-state index in [-0.39, 0.29) is 0 Å². The van der Waals surface area contributed by atoms with E-state index in [9.17, 15) is 0 Å². The Bertz CT molecular complexity index is 1030. The van der Waals surface area contributed by atoms with Crippen LogP contribution in [-0.2, 0) is 13.0 Å². The molecule has 0 amide bonds. The van der Waals surface area contributed by atoms with Crippen molar-refractivity contribution < 1.29 is 9.47 Å². The first kappa shape index (κ1) is 16.9. The summed E-state index contributed by atoms with van der Waals surface area (Å²) in [6.45, 7) is 0.990. The molecule has 0 saturated carbocycles. The van der Waals surface area contributed by atoms with Crippen molar-refractivity contribution in [3.8, 4) is 34.0 Å². The maximum atomic E-state index is 5.31. The van der Waals surface area contributed by atoms with Gasteiger partial charge in [0, 0.05) is 29.4 Å². The van der Waals surface area contributed by atoms with Crippen molar-refractivity contribution in [2.75, 3.05) is 14.2 Å². The van der Waals surface area contributed by atoms with E-state index >= 15 is 0 Å². The van der Waals surface area contributed by atoms with Crippen LogP contribution in [0.4, 0.5) is 0 Å². The average Bonchev–Trinajstić information content (AvgIpc) is 3.18. The third kappa shape index (κ3) is 2.66. The van der Waals surface area contributed by atoms with Gasteiger partial charge in [0.15, 0.2) is 5.82 Å². The van der Waals surface area contributed by atoms with E-state index in [2.05, 4.69) is 39.5 Å². The molecule has 2 aromatic carbocycles. The summed E-state index contributed by atoms with van der Waals surface area (Å²) in [5.74, 6) is 2.75. The molecule has 0 fully saturated rings. The number of hydrogen-bond donors (Lipinski definition) is 0. The van der Waals surface area contributed by atoms with Gasteiger partial charge < -0.3 is 14.0 Å². The van der Waals surface area contributed by atoms with Crippen molar-refractivity contribution in [1.82, 2.24) is 14.2 Å². The van der Waals surface area contributed by atoms with Gasteiger partial charge in [0.2, 0.25) is 0 Å². The summed E-state index contributed by atoms with van der Waals surface area (Å²) in [6.07, 6.45) is 5.59. The number of rotatable bonds is 4. The molecule has 0 atom stereocenters. The Morgan fingerprint density at radius 2 is 1.46 bits per heavy atom. The van der Waals surface area contributed by atoms with Crippen LogP contribution in [0.15, 0.2) is 54.7 Å². The van der Waals surface area contributed by atoms with Crippen LogP contribution in [0, 0.1) is 0 Å². The van der Waals surface area contributed by atoms with Crippen LogP contribution in [0.25, 0.3) is 28.2 Å². The van der Waals surface area contributed by atoms with Gasteiger partial charge in [-0.25, -0.2) is 4.52 Å². The summed E-state index contributed by atoms with van der Waals surface area (Å²) in [5, 5.41) is 4.95. The summed E-state index contributed by atoms with van der Waals surface area (Å²) in [6, 6.07) is 16.4. The molecule has 142 valence electrons. The van der Waals surface area contributed by atoms with Crippen molar-refractivity contribution in [3.05, 3.63) is 60.3 Å². The Morgan fingerprint density at radius 3 is 2.11 bits per heavy atom. The fraction of sp³-hybridized carbons (Fsp3) is 0.261. The van der Waals surface area contributed by atoms with Crippen LogP contribution in [0.2, 0.25) is 0 Å². The van der Waals surface area contributed by atoms with Gasteiger partial charge in [-0.15, -0.1) is 5.10 Å². The van der Waals surface area contributed by atoms with Crippen LogP contribution in [-0.4, -0.2) is 28.4 Å². The van der Waals surface area contributed by atoms with E-state index in [1.165, 1.54) is 28.8 Å². The zero-order valence-corrected chi connectivity index (χ0v) is 16.2. The zero-order chi connectivity index (χ0) is 19.1. The molecule has 5 heteroatoms. The van der Waals surface area contributed by atoms with E-state index in [1.807, 2.05) is 24.3 Å². The van der Waals surface area contributed by atoms with E-state index in [0.29, 0.717) is 0 Å². The molecule has 5 nitrogen and oxygen atoms in total. The molecule has 0 spiro atoms. The monoisotopic (exact) mass is 373 g/mol. The largest absolute Gasteiger partial charge is 0.497 e. The Balaban J connectivity index is 1.65. The molecule has 0 N–H and O–H groups in total. The van der Waals surface area contributed by atoms with Gasteiger partial charge in [-0.1, -0.05) is 12.1 Å². The molecular formula is C23H23N3O2. The quantitative estimate of drug-likeness (QED) is 0.515. The Kier molecular flexibility index (Phi) is 4.08. The second-order valence-corrected chi connectivity index (χ2v) is 7.18. The van der Waals surface area contributed by atoms with Crippen LogP contribution >= 0.6 is 0 Å². The summed E-state index contributed by atoms with van der Waals surface area (Å²) in [5.41, 5.74) is 6.19. The third-order valence-electron chi connectivity index (χ3n) is 5.58. The summed E-state index contributed by atoms with van der Waals surface area (Å²) < 4.78 is 15.0. The highest BCUT2D eigenvalue weighted by Crippen LogP contribution is 2.35. The molecule has 1 aliphatic rings. The molecule has 0 saturated heterocycles. The fourth-order valence-corrected chi connectivity index (χ4v) is 4.14. The Hall–Kier alpha value is -3.21. The van der Waals surface area contributed by atoms with Crippen LogP contribution < -0.4 is 9.47 Å². The van der Waals surface area contributed by atoms with Gasteiger partial charge in [0.1, 0.15) is 17.1 Å². The third-order valence-corrected chi connectivity index (χ3v) is 5.58. The normalized spacial score (nSPS) is 13.5. The van der Waals surface area contributed by atoms with Gasteiger partial charge in [0.25, 0.3) is 0 Å². The predicted octanol–water partition coefficient (Wildman–Crippen LogP) is 4.82. The summed E-state index contributed by atoms with van der Waals surface area (Å²) in [4.78, 5) is 0. The standard InChI is InChI=1S/C23H23N3O2/c1-27-18-10-6-16(7-11-18)21-15-26-23-20(21)5-3-4-14-25(23)22(24-26)17-8-12-19(28-2)13-9-17/h6-13,15H,3-5,14H2,1-2H3. The molecule has 1 aliphatic heterocycles. The highest BCUT2D eigenvalue weighted by molar-refractivity contribution is 5.77. The number of ether oxygens (including phenoxy) is 2. The lowest BCUT2D eigenvalue weighted by atomic mass is 10.0. The first-order chi connectivity index (χ1) is 13.8. The van der Waals surface area contributed by atoms with E-state index in [4.69, 9.17) is 14.6 Å². The number of methoxy groups -OCH3 is 2. The van der Waals surface area contributed by atoms with E-state index in [0.717, 1.165) is 42.3 Å². The number of nitrogens with zero attached hydrogens (tertiary/aromatic N) is 3. The first-order valence-corrected chi connectivity index (χ1v) is 9.68. The molecule has 2 aromatic heterocycles. The van der Waals surface area contributed by atoms with E-state index < -0.39 is 0 Å². The number of aromatic nitrogens is 3. The zero-order valence-electron chi connectivity index (χ0n) is 16.2. The van der Waals surface area contributed by atoms with Crippen molar-refractivity contribution in [1.29, 1.82) is 0 Å². The van der Waals surface area contributed by atoms with Crippen molar-refractivity contribution in [3.63, 3.8) is 0 Å². The summed E-state index contributed by atoms with van der Waals surface area (Å²) in [7, 11) is 3.39. The topological polar surface area (TPSA) is 40.7 Å². The number of hydrogen-bond acceptors (Lipinski definition) is 3. The Morgan fingerprint density at radius 1 is 0.821 bits per heavy atom. The number of aryl methyl sites for hydroxylation is 2. The highest BCUT2D eigenvalue weighted by atomic mass is 16.5. The molecule has 0 unspecified atom stereocenters. The van der Waals surface area contributed by atoms with Crippen LogP contribution in [0.3, 0.4) is 0 Å². The second-order valence-electron chi connectivity index (χ2n) is 7.18. The first-order valence-electron chi connectivity index (χ1n) is 9.68. The minimum atomic E-state index is 0.861. The predicted molar refractivity (Wildman–Crippen MR) is 110 cm³/mol. The molecule has 3 heterocycles. The molecule has 0 aliphatic carbocycles. The highest BCUT2D eigenvalue weighted by Gasteiger charge is 2.22. The molecular weight excluding hydrogens is 350 g/mol. The lowest BCUT2D eigenvalue weighted by molar-refractivity contribution is 0.414. The molecule has 0 radical (unpaired) electrons. The molecule has 0 bridgehead atoms. The summed E-state index contributed by atoms with van der Waals surface area (Å²) >= 11 is 0. The van der Waals surface area contributed by atoms with Crippen LogP contribution in [0.5, 0.6) is 11.5 Å². The SMILES string of the molecule is COc1ccc(-c2cn3nc(-c4ccc(OC)cc4)n4c3c2CCCC4)cc1. The van der Waals surface area contributed by atoms with Gasteiger partial charge in [0.05, 0.1) is 14.2 Å². The van der Waals surface area contributed by atoms with Crippen molar-refractivity contribution in [2.24, 2.45) is 0 Å². The molecule has 4 aromatic rings. The number of benzene rings is 2. The van der Waals surface area contributed by atoms with Gasteiger partial charge >= 0.3 is 0 Å². The van der Waals surface area contributed by atoms with Gasteiger partial charge in [-0.3, -0.25) is 0 Å². The molecule has 5 rings (SSSR count). The second kappa shape index (κ2) is 6.75. The Labute approximate surface area is 164 Å². The minimum absolute atomic E-state index is 0.861. The van der Waals surface area contributed by atoms with Crippen molar-refractivity contribution in [2.45, 2.75) is 25.8 Å². The lowest BCUT2D eigenvalue weighted by Crippen LogP contribution is -1.99. The van der Waals surface area contributed by atoms with Crippen molar-refractivity contribution >= 4 is 5.65 Å². The fourth-order valence-electron chi connectivity index (χ4n) is 4.14. The minimum Gasteiger partial charge on any atom is -0.497 e. The van der Waals surface area contributed by atoms with Crippen LogP contribution in [0.1, 0.15) is 18.4 Å². The molecule has 28 heavy (non-hydrogen) atoms. The van der Waals surface area contributed by atoms with Gasteiger partial charge in [-0.05, 0) is 61.2 Å². The van der Waals surface area contributed by atoms with E-state index in [1.54, 1.807) is 14.2 Å². The average molecular weight is 373 g/mol. The van der Waals surface area contributed by atoms with Gasteiger partial charge in [-0.2, -0.15) is 0 Å². The lowest BCUT2D eigenvalue weighted by Gasteiger charge is -2.07. The maximum Gasteiger partial charge on any atom is 0.162 e. The maximum absolute atomic E-state index is 5.31.